The lowest BCUT2D eigenvalue weighted by atomic mass is 9.92. The standard InChI is InChI=1S/C23H21BN2O4S/c24-19-6-8-22-18(13-19)15-30-23(27)26(22)20-9-11-25(12-10-20)31(28,29)21-7-5-16-3-1-2-4-17(16)14-21/h1-8,13-14,20H,9-12,15H2. The number of sulfonamides is 1. The van der Waals surface area contributed by atoms with Crippen LogP contribution in [0.1, 0.15) is 18.4 Å². The van der Waals surface area contributed by atoms with E-state index in [-0.39, 0.29) is 12.6 Å². The molecule has 2 radical (unpaired) electrons. The molecule has 3 aromatic carbocycles. The number of fused-ring (bicyclic) bond motifs is 2. The number of rotatable bonds is 3. The highest BCUT2D eigenvalue weighted by Gasteiger charge is 2.37. The number of anilines is 1. The van der Waals surface area contributed by atoms with Crippen LogP contribution >= 0.6 is 0 Å². The van der Waals surface area contributed by atoms with E-state index in [1.165, 1.54) is 4.31 Å². The molecule has 2 aliphatic heterocycles. The highest BCUT2D eigenvalue weighted by atomic mass is 32.2. The number of hydrogen-bond donors (Lipinski definition) is 0. The Bertz CT molecular complexity index is 1270. The molecule has 1 amide bonds. The summed E-state index contributed by atoms with van der Waals surface area (Å²) < 4.78 is 33.3. The van der Waals surface area contributed by atoms with Gasteiger partial charge in [0.1, 0.15) is 14.5 Å². The summed E-state index contributed by atoms with van der Waals surface area (Å²) in [5, 5.41) is 1.90. The normalized spacial score (nSPS) is 18.1. The Morgan fingerprint density at radius 3 is 2.45 bits per heavy atom. The van der Waals surface area contributed by atoms with Gasteiger partial charge in [0.05, 0.1) is 10.6 Å². The summed E-state index contributed by atoms with van der Waals surface area (Å²) in [6.07, 6.45) is 0.672. The van der Waals surface area contributed by atoms with Gasteiger partial charge in [-0.15, -0.1) is 0 Å². The second-order valence-electron chi connectivity index (χ2n) is 7.96. The number of amides is 1. The number of benzene rings is 3. The molecule has 8 heteroatoms. The Labute approximate surface area is 182 Å². The summed E-state index contributed by atoms with van der Waals surface area (Å²) in [7, 11) is 2.26. The predicted octanol–water partition coefficient (Wildman–Crippen LogP) is 2.94. The third kappa shape index (κ3) is 3.60. The van der Waals surface area contributed by atoms with Gasteiger partial charge in [-0.2, -0.15) is 4.31 Å². The molecular formula is C23H21BN2O4S. The maximum Gasteiger partial charge on any atom is 0.414 e. The first-order valence-corrected chi connectivity index (χ1v) is 11.7. The van der Waals surface area contributed by atoms with Crippen LogP contribution in [0, 0.1) is 0 Å². The van der Waals surface area contributed by atoms with E-state index < -0.39 is 16.1 Å². The molecule has 31 heavy (non-hydrogen) atoms. The van der Waals surface area contributed by atoms with Gasteiger partial charge < -0.3 is 4.74 Å². The van der Waals surface area contributed by atoms with E-state index >= 15 is 0 Å². The fourth-order valence-electron chi connectivity index (χ4n) is 4.43. The van der Waals surface area contributed by atoms with Crippen LogP contribution in [0.15, 0.2) is 65.6 Å². The molecule has 0 spiro atoms. The molecule has 2 heterocycles. The van der Waals surface area contributed by atoms with Gasteiger partial charge in [-0.05, 0) is 41.8 Å². The molecule has 0 unspecified atom stereocenters. The topological polar surface area (TPSA) is 66.9 Å². The number of cyclic esters (lactones) is 1. The van der Waals surface area contributed by atoms with E-state index in [1.807, 2.05) is 42.5 Å². The van der Waals surface area contributed by atoms with Crippen molar-refractivity contribution in [2.24, 2.45) is 0 Å². The van der Waals surface area contributed by atoms with Crippen LogP contribution in [0.2, 0.25) is 0 Å². The summed E-state index contributed by atoms with van der Waals surface area (Å²) in [6, 6.07) is 18.2. The SMILES string of the molecule is [B]c1ccc2c(c1)COC(=O)N2C1CCN(S(=O)(=O)c2ccc3ccccc3c2)CC1. The monoisotopic (exact) mass is 432 g/mol. The quantitative estimate of drug-likeness (QED) is 0.597. The molecule has 0 saturated carbocycles. The summed E-state index contributed by atoms with van der Waals surface area (Å²) in [4.78, 5) is 14.5. The average molecular weight is 432 g/mol. The van der Waals surface area contributed by atoms with Crippen molar-refractivity contribution in [1.29, 1.82) is 0 Å². The van der Waals surface area contributed by atoms with Gasteiger partial charge >= 0.3 is 6.09 Å². The van der Waals surface area contributed by atoms with E-state index in [0.29, 0.717) is 36.3 Å². The molecule has 0 aliphatic carbocycles. The Balaban J connectivity index is 1.36. The molecular weight excluding hydrogens is 411 g/mol. The molecule has 156 valence electrons. The number of carbonyl (C=O) groups excluding carboxylic acids is 1. The van der Waals surface area contributed by atoms with Crippen molar-refractivity contribution in [1.82, 2.24) is 4.31 Å². The number of carbonyl (C=O) groups is 1. The van der Waals surface area contributed by atoms with Crippen LogP contribution < -0.4 is 10.4 Å². The minimum atomic E-state index is -3.61. The van der Waals surface area contributed by atoms with Crippen molar-refractivity contribution in [2.45, 2.75) is 30.4 Å². The lowest BCUT2D eigenvalue weighted by molar-refractivity contribution is 0.136. The summed E-state index contributed by atoms with van der Waals surface area (Å²) >= 11 is 0. The zero-order chi connectivity index (χ0) is 21.6. The molecule has 1 fully saturated rings. The van der Waals surface area contributed by atoms with Crippen LogP contribution in [0.5, 0.6) is 0 Å². The van der Waals surface area contributed by atoms with Crippen molar-refractivity contribution in [2.75, 3.05) is 18.0 Å². The number of nitrogens with zero attached hydrogens (tertiary/aromatic N) is 2. The highest BCUT2D eigenvalue weighted by molar-refractivity contribution is 7.89. The lowest BCUT2D eigenvalue weighted by Crippen LogP contribution is -2.50. The molecule has 1 saturated heterocycles. The summed E-state index contributed by atoms with van der Waals surface area (Å²) in [6.45, 7) is 0.882. The second kappa shape index (κ2) is 7.69. The smallest absolute Gasteiger partial charge is 0.414 e. The first-order valence-electron chi connectivity index (χ1n) is 10.3. The Hall–Kier alpha value is -2.84. The number of piperidine rings is 1. The van der Waals surface area contributed by atoms with Crippen LogP contribution in [-0.4, -0.2) is 45.8 Å². The molecule has 2 aliphatic rings. The predicted molar refractivity (Wildman–Crippen MR) is 120 cm³/mol. The maximum absolute atomic E-state index is 13.2. The zero-order valence-corrected chi connectivity index (χ0v) is 17.7. The van der Waals surface area contributed by atoms with E-state index in [0.717, 1.165) is 22.0 Å². The molecule has 0 bridgehead atoms. The second-order valence-corrected chi connectivity index (χ2v) is 9.89. The minimum Gasteiger partial charge on any atom is -0.444 e. The van der Waals surface area contributed by atoms with E-state index in [4.69, 9.17) is 12.6 Å². The molecule has 0 atom stereocenters. The molecule has 0 aromatic heterocycles. The Morgan fingerprint density at radius 1 is 0.935 bits per heavy atom. The van der Waals surface area contributed by atoms with Crippen LogP contribution in [-0.2, 0) is 21.4 Å². The first-order chi connectivity index (χ1) is 14.9. The van der Waals surface area contributed by atoms with Gasteiger partial charge in [-0.25, -0.2) is 13.2 Å². The van der Waals surface area contributed by atoms with Gasteiger partial charge in [0.25, 0.3) is 0 Å². The fourth-order valence-corrected chi connectivity index (χ4v) is 5.93. The van der Waals surface area contributed by atoms with E-state index in [2.05, 4.69) is 0 Å². The third-order valence-corrected chi connectivity index (χ3v) is 7.95. The van der Waals surface area contributed by atoms with Crippen molar-refractivity contribution in [3.05, 3.63) is 66.2 Å². The first kappa shape index (κ1) is 20.1. The van der Waals surface area contributed by atoms with Crippen molar-refractivity contribution in [3.8, 4) is 0 Å². The largest absolute Gasteiger partial charge is 0.444 e. The summed E-state index contributed by atoms with van der Waals surface area (Å²) in [5.74, 6) is 0. The van der Waals surface area contributed by atoms with Gasteiger partial charge in [-0.1, -0.05) is 47.9 Å². The Morgan fingerprint density at radius 2 is 1.68 bits per heavy atom. The molecule has 3 aromatic rings. The number of hydrogen-bond acceptors (Lipinski definition) is 4. The highest BCUT2D eigenvalue weighted by Crippen LogP contribution is 2.32. The number of ether oxygens (including phenoxy) is 1. The van der Waals surface area contributed by atoms with Crippen molar-refractivity contribution in [3.63, 3.8) is 0 Å². The van der Waals surface area contributed by atoms with Crippen LogP contribution in [0.4, 0.5) is 10.5 Å². The lowest BCUT2D eigenvalue weighted by Gasteiger charge is -2.39. The zero-order valence-electron chi connectivity index (χ0n) is 16.9. The molecule has 0 N–H and O–H groups in total. The fraction of sp³-hybridized carbons (Fsp3) is 0.261. The molecule has 5 rings (SSSR count). The summed E-state index contributed by atoms with van der Waals surface area (Å²) in [5.41, 5.74) is 2.28. The van der Waals surface area contributed by atoms with E-state index in [9.17, 15) is 13.2 Å². The average Bonchev–Trinajstić information content (AvgIpc) is 2.79. The third-order valence-electron chi connectivity index (χ3n) is 6.06. The van der Waals surface area contributed by atoms with Crippen molar-refractivity contribution < 1.29 is 17.9 Å². The van der Waals surface area contributed by atoms with Gasteiger partial charge in [0.15, 0.2) is 0 Å². The maximum atomic E-state index is 13.2. The van der Waals surface area contributed by atoms with Gasteiger partial charge in [0, 0.05) is 24.7 Å². The van der Waals surface area contributed by atoms with E-state index in [1.54, 1.807) is 23.1 Å². The molecule has 6 nitrogen and oxygen atoms in total. The Kier molecular flexibility index (Phi) is 4.99. The van der Waals surface area contributed by atoms with Gasteiger partial charge in [0.2, 0.25) is 10.0 Å². The van der Waals surface area contributed by atoms with Crippen LogP contribution in [0.3, 0.4) is 0 Å². The van der Waals surface area contributed by atoms with Gasteiger partial charge in [-0.3, -0.25) is 4.90 Å². The minimum absolute atomic E-state index is 0.127. The van der Waals surface area contributed by atoms with Crippen LogP contribution in [0.25, 0.3) is 10.8 Å². The van der Waals surface area contributed by atoms with Crippen molar-refractivity contribution >= 4 is 45.9 Å².